The largest absolute Gasteiger partial charge is 0.496 e. The summed E-state index contributed by atoms with van der Waals surface area (Å²) in [6.45, 7) is 0. The van der Waals surface area contributed by atoms with Crippen molar-refractivity contribution in [1.82, 2.24) is 0 Å². The lowest BCUT2D eigenvalue weighted by Gasteiger charge is -2.06. The van der Waals surface area contributed by atoms with Crippen molar-refractivity contribution in [3.63, 3.8) is 0 Å². The standard InChI is InChI=1S/C13H10INO3S/c1-18-13-8-11(6-7-12(13)14)19-10-4-2-9(3-5-10)15(16)17/h2-8H,1H3. The van der Waals surface area contributed by atoms with E-state index in [2.05, 4.69) is 22.6 Å². The van der Waals surface area contributed by atoms with Crippen molar-refractivity contribution in [3.8, 4) is 5.75 Å². The number of nitrogens with zero attached hydrogens (tertiary/aromatic N) is 1. The Kier molecular flexibility index (Phi) is 4.65. The molecule has 0 saturated carbocycles. The van der Waals surface area contributed by atoms with Crippen molar-refractivity contribution in [1.29, 1.82) is 0 Å². The van der Waals surface area contributed by atoms with E-state index in [1.54, 1.807) is 31.0 Å². The molecule has 0 atom stereocenters. The monoisotopic (exact) mass is 387 g/mol. The molecule has 0 spiro atoms. The van der Waals surface area contributed by atoms with Crippen LogP contribution in [0.25, 0.3) is 0 Å². The van der Waals surface area contributed by atoms with Crippen molar-refractivity contribution in [2.45, 2.75) is 9.79 Å². The number of methoxy groups -OCH3 is 1. The van der Waals surface area contributed by atoms with Gasteiger partial charge in [-0.25, -0.2) is 0 Å². The van der Waals surface area contributed by atoms with Crippen LogP contribution in [0, 0.1) is 13.7 Å². The summed E-state index contributed by atoms with van der Waals surface area (Å²) in [5.74, 6) is 0.826. The van der Waals surface area contributed by atoms with Crippen molar-refractivity contribution in [2.24, 2.45) is 0 Å². The fraction of sp³-hybridized carbons (Fsp3) is 0.0769. The number of hydrogen-bond acceptors (Lipinski definition) is 4. The molecule has 19 heavy (non-hydrogen) atoms. The van der Waals surface area contributed by atoms with Gasteiger partial charge in [0.15, 0.2) is 0 Å². The van der Waals surface area contributed by atoms with Crippen LogP contribution in [0.5, 0.6) is 5.75 Å². The van der Waals surface area contributed by atoms with Gasteiger partial charge >= 0.3 is 0 Å². The van der Waals surface area contributed by atoms with Crippen LogP contribution in [0.1, 0.15) is 0 Å². The zero-order chi connectivity index (χ0) is 13.8. The Morgan fingerprint density at radius 1 is 1.16 bits per heavy atom. The van der Waals surface area contributed by atoms with Crippen molar-refractivity contribution >= 4 is 40.0 Å². The van der Waals surface area contributed by atoms with Gasteiger partial charge in [0.2, 0.25) is 0 Å². The first-order valence-electron chi connectivity index (χ1n) is 5.36. The summed E-state index contributed by atoms with van der Waals surface area (Å²) in [6.07, 6.45) is 0. The molecular weight excluding hydrogens is 377 g/mol. The SMILES string of the molecule is COc1cc(Sc2ccc([N+](=O)[O-])cc2)ccc1I. The summed E-state index contributed by atoms with van der Waals surface area (Å²) in [6, 6.07) is 12.4. The maximum atomic E-state index is 10.6. The molecule has 4 nitrogen and oxygen atoms in total. The number of nitro groups is 1. The van der Waals surface area contributed by atoms with Gasteiger partial charge < -0.3 is 4.74 Å². The van der Waals surface area contributed by atoms with E-state index in [9.17, 15) is 10.1 Å². The van der Waals surface area contributed by atoms with E-state index in [0.717, 1.165) is 19.1 Å². The minimum atomic E-state index is -0.400. The number of ether oxygens (including phenoxy) is 1. The van der Waals surface area contributed by atoms with Gasteiger partial charge in [-0.1, -0.05) is 11.8 Å². The molecule has 0 aliphatic rings. The smallest absolute Gasteiger partial charge is 0.269 e. The summed E-state index contributed by atoms with van der Waals surface area (Å²) >= 11 is 3.75. The molecule has 0 bridgehead atoms. The van der Waals surface area contributed by atoms with Gasteiger partial charge in [-0.05, 0) is 52.9 Å². The van der Waals surface area contributed by atoms with E-state index >= 15 is 0 Å². The molecule has 0 fully saturated rings. The highest BCUT2D eigenvalue weighted by Gasteiger charge is 2.06. The molecule has 2 rings (SSSR count). The van der Waals surface area contributed by atoms with Crippen LogP contribution in [-0.2, 0) is 0 Å². The average Bonchev–Trinajstić information content (AvgIpc) is 2.41. The molecule has 0 heterocycles. The third kappa shape index (κ3) is 3.60. The minimum absolute atomic E-state index is 0.101. The Balaban J connectivity index is 2.19. The molecule has 2 aromatic rings. The number of hydrogen-bond donors (Lipinski definition) is 0. The number of non-ortho nitro benzene ring substituents is 1. The van der Waals surface area contributed by atoms with Crippen LogP contribution in [0.15, 0.2) is 52.3 Å². The summed E-state index contributed by atoms with van der Waals surface area (Å²) in [7, 11) is 1.64. The van der Waals surface area contributed by atoms with Gasteiger partial charge in [0.25, 0.3) is 5.69 Å². The second-order valence-corrected chi connectivity index (χ2v) is 5.96. The normalized spacial score (nSPS) is 10.2. The molecule has 0 aliphatic carbocycles. The summed E-state index contributed by atoms with van der Waals surface area (Å²) in [5, 5.41) is 10.6. The molecule has 0 aliphatic heterocycles. The number of halogens is 1. The predicted octanol–water partition coefficient (Wildman–Crippen LogP) is 4.36. The zero-order valence-electron chi connectivity index (χ0n) is 10.00. The maximum Gasteiger partial charge on any atom is 0.269 e. The first-order valence-corrected chi connectivity index (χ1v) is 7.25. The third-order valence-electron chi connectivity index (χ3n) is 2.41. The summed E-state index contributed by atoms with van der Waals surface area (Å²) < 4.78 is 6.31. The molecule has 0 N–H and O–H groups in total. The van der Waals surface area contributed by atoms with E-state index in [4.69, 9.17) is 4.74 Å². The molecule has 0 unspecified atom stereocenters. The second-order valence-electron chi connectivity index (χ2n) is 3.65. The Labute approximate surface area is 128 Å². The Morgan fingerprint density at radius 3 is 2.37 bits per heavy atom. The van der Waals surface area contributed by atoms with E-state index < -0.39 is 4.92 Å². The van der Waals surface area contributed by atoms with Crippen molar-refractivity contribution in [3.05, 3.63) is 56.1 Å². The van der Waals surface area contributed by atoms with Crippen LogP contribution >= 0.6 is 34.4 Å². The lowest BCUT2D eigenvalue weighted by atomic mass is 10.3. The zero-order valence-corrected chi connectivity index (χ0v) is 13.0. The van der Waals surface area contributed by atoms with Crippen LogP contribution in [0.2, 0.25) is 0 Å². The van der Waals surface area contributed by atoms with E-state index in [0.29, 0.717) is 0 Å². The maximum absolute atomic E-state index is 10.6. The van der Waals surface area contributed by atoms with Gasteiger partial charge in [-0.15, -0.1) is 0 Å². The molecular formula is C13H10INO3S. The number of nitro benzene ring substituents is 1. The van der Waals surface area contributed by atoms with E-state index in [1.807, 2.05) is 18.2 Å². The first-order chi connectivity index (χ1) is 9.10. The van der Waals surface area contributed by atoms with Crippen LogP contribution in [-0.4, -0.2) is 12.0 Å². The van der Waals surface area contributed by atoms with Gasteiger partial charge in [-0.2, -0.15) is 0 Å². The lowest BCUT2D eigenvalue weighted by Crippen LogP contribution is -1.88. The van der Waals surface area contributed by atoms with Crippen molar-refractivity contribution in [2.75, 3.05) is 7.11 Å². The topological polar surface area (TPSA) is 52.4 Å². The van der Waals surface area contributed by atoms with Gasteiger partial charge in [0, 0.05) is 21.9 Å². The highest BCUT2D eigenvalue weighted by atomic mass is 127. The van der Waals surface area contributed by atoms with Crippen LogP contribution in [0.3, 0.4) is 0 Å². The Hall–Kier alpha value is -1.28. The molecule has 98 valence electrons. The summed E-state index contributed by atoms with van der Waals surface area (Å²) in [4.78, 5) is 12.2. The van der Waals surface area contributed by atoms with E-state index in [-0.39, 0.29) is 5.69 Å². The highest BCUT2D eigenvalue weighted by Crippen LogP contribution is 2.33. The average molecular weight is 387 g/mol. The van der Waals surface area contributed by atoms with E-state index in [1.165, 1.54) is 12.1 Å². The van der Waals surface area contributed by atoms with Crippen molar-refractivity contribution < 1.29 is 9.66 Å². The fourth-order valence-corrected chi connectivity index (χ4v) is 2.88. The molecule has 0 radical (unpaired) electrons. The first kappa shape index (κ1) is 14.1. The number of benzene rings is 2. The molecule has 0 aromatic heterocycles. The van der Waals surface area contributed by atoms with Gasteiger partial charge in [-0.3, -0.25) is 10.1 Å². The van der Waals surface area contributed by atoms with Crippen LogP contribution in [0.4, 0.5) is 5.69 Å². The molecule has 6 heteroatoms. The summed E-state index contributed by atoms with van der Waals surface area (Å²) in [5.41, 5.74) is 0.101. The number of rotatable bonds is 4. The van der Waals surface area contributed by atoms with Crippen LogP contribution < -0.4 is 4.74 Å². The third-order valence-corrected chi connectivity index (χ3v) is 4.29. The lowest BCUT2D eigenvalue weighted by molar-refractivity contribution is -0.384. The molecule has 0 amide bonds. The molecule has 2 aromatic carbocycles. The Bertz CT molecular complexity index is 601. The minimum Gasteiger partial charge on any atom is -0.496 e. The van der Waals surface area contributed by atoms with Gasteiger partial charge in [0.05, 0.1) is 15.6 Å². The quantitative estimate of drug-likeness (QED) is 0.445. The fourth-order valence-electron chi connectivity index (χ4n) is 1.48. The Morgan fingerprint density at radius 2 is 1.79 bits per heavy atom. The molecule has 0 saturated heterocycles. The highest BCUT2D eigenvalue weighted by molar-refractivity contribution is 14.1. The predicted molar refractivity (Wildman–Crippen MR) is 82.9 cm³/mol. The second kappa shape index (κ2) is 6.25. The van der Waals surface area contributed by atoms with Gasteiger partial charge in [0.1, 0.15) is 5.75 Å².